The maximum atomic E-state index is 13.7. The van der Waals surface area contributed by atoms with Gasteiger partial charge in [0.25, 0.3) is 5.88 Å². The summed E-state index contributed by atoms with van der Waals surface area (Å²) >= 11 is 5.86. The molecular formula is C20H21ClFN5O3. The van der Waals surface area contributed by atoms with E-state index in [-0.39, 0.29) is 34.5 Å². The van der Waals surface area contributed by atoms with Gasteiger partial charge < -0.3 is 19.0 Å². The number of nitrogens with one attached hydrogen (secondary N) is 1. The summed E-state index contributed by atoms with van der Waals surface area (Å²) in [6, 6.07) is 6.16. The number of fused-ring (bicyclic) bond motifs is 1. The normalized spacial score (nSPS) is 14.3. The number of urea groups is 1. The number of nitrogens with zero attached hydrogens (tertiary/aromatic N) is 4. The number of anilines is 2. The molecule has 2 aromatic heterocycles. The first-order chi connectivity index (χ1) is 14.4. The summed E-state index contributed by atoms with van der Waals surface area (Å²) < 4.78 is 24.4. The molecule has 3 aromatic rings. The van der Waals surface area contributed by atoms with Gasteiger partial charge in [-0.25, -0.2) is 14.2 Å². The minimum atomic E-state index is -0.311. The number of rotatable bonds is 4. The quantitative estimate of drug-likeness (QED) is 0.667. The number of furan rings is 1. The Morgan fingerprint density at radius 1 is 1.23 bits per heavy atom. The second-order valence-electron chi connectivity index (χ2n) is 6.94. The molecule has 1 aromatic carbocycles. The Bertz CT molecular complexity index is 1060. The van der Waals surface area contributed by atoms with Crippen LogP contribution in [-0.4, -0.2) is 53.7 Å². The third kappa shape index (κ3) is 4.25. The number of hydrogen-bond donors (Lipinski definition) is 1. The van der Waals surface area contributed by atoms with E-state index in [2.05, 4.69) is 20.2 Å². The minimum absolute atomic E-state index is 0.152. The van der Waals surface area contributed by atoms with Crippen molar-refractivity contribution in [2.24, 2.45) is 0 Å². The van der Waals surface area contributed by atoms with Gasteiger partial charge in [-0.3, -0.25) is 5.32 Å². The van der Waals surface area contributed by atoms with E-state index in [0.29, 0.717) is 38.3 Å². The molecular weight excluding hydrogens is 413 g/mol. The van der Waals surface area contributed by atoms with E-state index in [0.717, 1.165) is 11.3 Å². The minimum Gasteiger partial charge on any atom is -0.475 e. The van der Waals surface area contributed by atoms with Crippen LogP contribution in [0.5, 0.6) is 5.88 Å². The third-order valence-electron chi connectivity index (χ3n) is 4.77. The number of aromatic nitrogens is 2. The van der Waals surface area contributed by atoms with Crippen molar-refractivity contribution in [2.45, 2.75) is 13.8 Å². The van der Waals surface area contributed by atoms with E-state index in [1.807, 2.05) is 13.0 Å². The summed E-state index contributed by atoms with van der Waals surface area (Å²) in [5.74, 6) is 0.107. The molecule has 10 heteroatoms. The highest BCUT2D eigenvalue weighted by atomic mass is 35.5. The van der Waals surface area contributed by atoms with Gasteiger partial charge >= 0.3 is 6.03 Å². The van der Waals surface area contributed by atoms with Gasteiger partial charge in [-0.15, -0.1) is 0 Å². The molecule has 0 spiro atoms. The smallest absolute Gasteiger partial charge is 0.323 e. The number of carbonyl (C=O) groups excluding carboxylic acids is 1. The molecule has 1 saturated heterocycles. The first-order valence-corrected chi connectivity index (χ1v) is 9.98. The average Bonchev–Trinajstić information content (AvgIpc) is 3.06. The van der Waals surface area contributed by atoms with Crippen LogP contribution in [-0.2, 0) is 0 Å². The Balaban J connectivity index is 1.45. The molecule has 0 saturated carbocycles. The van der Waals surface area contributed by atoms with Crippen molar-refractivity contribution in [2.75, 3.05) is 43.0 Å². The molecule has 0 unspecified atom stereocenters. The van der Waals surface area contributed by atoms with Crippen LogP contribution >= 0.6 is 11.6 Å². The molecule has 0 radical (unpaired) electrons. The summed E-state index contributed by atoms with van der Waals surface area (Å²) in [5.41, 5.74) is 2.34. The summed E-state index contributed by atoms with van der Waals surface area (Å²) in [7, 11) is 0. The van der Waals surface area contributed by atoms with E-state index in [1.54, 1.807) is 11.8 Å². The topological polar surface area (TPSA) is 83.7 Å². The Kier molecular flexibility index (Phi) is 5.63. The van der Waals surface area contributed by atoms with Crippen molar-refractivity contribution in [1.29, 1.82) is 0 Å². The maximum Gasteiger partial charge on any atom is 0.323 e. The molecule has 2 amide bonds. The van der Waals surface area contributed by atoms with Gasteiger partial charge in [-0.1, -0.05) is 0 Å². The van der Waals surface area contributed by atoms with Crippen molar-refractivity contribution in [3.8, 4) is 5.88 Å². The van der Waals surface area contributed by atoms with Crippen LogP contribution in [0.4, 0.5) is 20.7 Å². The predicted octanol–water partition coefficient (Wildman–Crippen LogP) is 4.08. The lowest BCUT2D eigenvalue weighted by molar-refractivity contribution is 0.208. The number of aryl methyl sites for hydroxylation is 1. The SMILES string of the molecule is CCOc1nc2oc(Cl)cc2nc1NC(=O)N1CCN(c2cc(C)cc(F)c2)CC1. The Morgan fingerprint density at radius 2 is 2.00 bits per heavy atom. The van der Waals surface area contributed by atoms with Crippen molar-refractivity contribution < 1.29 is 18.3 Å². The number of carbonyl (C=O) groups is 1. The van der Waals surface area contributed by atoms with E-state index in [4.69, 9.17) is 20.8 Å². The number of ether oxygens (including phenoxy) is 1. The van der Waals surface area contributed by atoms with Gasteiger partial charge in [0.1, 0.15) is 11.3 Å². The zero-order chi connectivity index (χ0) is 21.3. The average molecular weight is 434 g/mol. The van der Waals surface area contributed by atoms with Gasteiger partial charge in [0.15, 0.2) is 11.0 Å². The van der Waals surface area contributed by atoms with Crippen LogP contribution in [0.2, 0.25) is 5.22 Å². The molecule has 4 rings (SSSR count). The monoisotopic (exact) mass is 433 g/mol. The lowest BCUT2D eigenvalue weighted by atomic mass is 10.2. The van der Waals surface area contributed by atoms with E-state index >= 15 is 0 Å². The highest BCUT2D eigenvalue weighted by molar-refractivity contribution is 6.29. The van der Waals surface area contributed by atoms with Gasteiger partial charge in [-0.2, -0.15) is 4.98 Å². The molecule has 3 heterocycles. The van der Waals surface area contributed by atoms with Crippen molar-refractivity contribution in [1.82, 2.24) is 14.9 Å². The lowest BCUT2D eigenvalue weighted by Gasteiger charge is -2.36. The van der Waals surface area contributed by atoms with Crippen LogP contribution in [0.1, 0.15) is 12.5 Å². The zero-order valence-corrected chi connectivity index (χ0v) is 17.4. The summed E-state index contributed by atoms with van der Waals surface area (Å²) in [5, 5.41) is 2.92. The zero-order valence-electron chi connectivity index (χ0n) is 16.6. The highest BCUT2D eigenvalue weighted by Crippen LogP contribution is 2.28. The largest absolute Gasteiger partial charge is 0.475 e. The van der Waals surface area contributed by atoms with Crippen LogP contribution < -0.4 is 15.0 Å². The maximum absolute atomic E-state index is 13.7. The molecule has 0 aliphatic carbocycles. The van der Waals surface area contributed by atoms with Crippen LogP contribution in [0, 0.1) is 12.7 Å². The first-order valence-electron chi connectivity index (χ1n) is 9.61. The van der Waals surface area contributed by atoms with Gasteiger partial charge in [-0.05, 0) is 49.2 Å². The Morgan fingerprint density at radius 3 is 2.70 bits per heavy atom. The number of benzene rings is 1. The molecule has 0 bridgehead atoms. The fourth-order valence-corrected chi connectivity index (χ4v) is 3.56. The van der Waals surface area contributed by atoms with Gasteiger partial charge in [0.2, 0.25) is 5.71 Å². The van der Waals surface area contributed by atoms with Crippen molar-refractivity contribution in [3.05, 3.63) is 40.9 Å². The fourth-order valence-electron chi connectivity index (χ4n) is 3.38. The molecule has 30 heavy (non-hydrogen) atoms. The van der Waals surface area contributed by atoms with E-state index in [1.165, 1.54) is 18.2 Å². The third-order valence-corrected chi connectivity index (χ3v) is 4.95. The summed E-state index contributed by atoms with van der Waals surface area (Å²) in [6.07, 6.45) is 0. The number of amides is 2. The predicted molar refractivity (Wildman–Crippen MR) is 112 cm³/mol. The fraction of sp³-hybridized carbons (Fsp3) is 0.350. The van der Waals surface area contributed by atoms with Crippen LogP contribution in [0.25, 0.3) is 11.2 Å². The molecule has 1 aliphatic rings. The van der Waals surface area contributed by atoms with Gasteiger partial charge in [0, 0.05) is 37.9 Å². The Hall–Kier alpha value is -3.07. The summed E-state index contributed by atoms with van der Waals surface area (Å²) in [6.45, 7) is 6.17. The second kappa shape index (κ2) is 8.35. The standard InChI is InChI=1S/C20H21ClFN5O3/c1-3-29-19-17(23-15-11-16(21)30-18(15)25-19)24-20(28)27-6-4-26(5-7-27)14-9-12(2)8-13(22)10-14/h8-11H,3-7H2,1-2H3,(H,23,24,28). The molecule has 1 aliphatic heterocycles. The van der Waals surface area contributed by atoms with Crippen molar-refractivity contribution in [3.63, 3.8) is 0 Å². The van der Waals surface area contributed by atoms with Gasteiger partial charge in [0.05, 0.1) is 6.61 Å². The van der Waals surface area contributed by atoms with Crippen LogP contribution in [0.3, 0.4) is 0 Å². The Labute approximate surface area is 177 Å². The van der Waals surface area contributed by atoms with Crippen LogP contribution in [0.15, 0.2) is 28.7 Å². The number of piperazine rings is 1. The molecule has 158 valence electrons. The number of hydrogen-bond acceptors (Lipinski definition) is 6. The summed E-state index contributed by atoms with van der Waals surface area (Å²) in [4.78, 5) is 25.1. The highest BCUT2D eigenvalue weighted by Gasteiger charge is 2.24. The number of halogens is 2. The molecule has 1 fully saturated rings. The lowest BCUT2D eigenvalue weighted by Crippen LogP contribution is -2.50. The van der Waals surface area contributed by atoms with Crippen molar-refractivity contribution >= 4 is 40.4 Å². The molecule has 1 N–H and O–H groups in total. The molecule has 8 nitrogen and oxygen atoms in total. The second-order valence-corrected chi connectivity index (χ2v) is 7.31. The first kappa shape index (κ1) is 20.2. The van der Waals surface area contributed by atoms with E-state index < -0.39 is 0 Å². The molecule has 0 atom stereocenters. The van der Waals surface area contributed by atoms with E-state index in [9.17, 15) is 9.18 Å².